The topological polar surface area (TPSA) is 3.24 Å². The number of rotatable bonds is 10. The van der Waals surface area contributed by atoms with E-state index < -0.39 is 0 Å². The molecule has 0 spiro atoms. The molecule has 0 aliphatic heterocycles. The number of allylic oxidation sites excluding steroid dienone is 4. The molecule has 0 amide bonds. The summed E-state index contributed by atoms with van der Waals surface area (Å²) in [6.07, 6.45) is 9.74. The van der Waals surface area contributed by atoms with E-state index in [1.54, 1.807) is 11.1 Å². The van der Waals surface area contributed by atoms with Gasteiger partial charge in [-0.1, -0.05) is 69.5 Å². The summed E-state index contributed by atoms with van der Waals surface area (Å²) in [5, 5.41) is 0. The predicted octanol–water partition coefficient (Wildman–Crippen LogP) is 6.62. The standard InChI is InChI=1S/C23H37N/c1-7-13-21(14-8-2)23(19(4)9-3)18-22(24(5)6)17-20-15-11-10-12-16-20/h10-12,15-16,18,21H,7-9,13-14,17H2,1-6H3/b22-18-,23-19?. The molecule has 0 N–H and O–H groups in total. The first kappa shape index (κ1) is 20.5. The minimum atomic E-state index is 0.700. The Kier molecular flexibility index (Phi) is 9.52. The fraction of sp³-hybridized carbons (Fsp3) is 0.565. The smallest absolute Gasteiger partial charge is 0.0175 e. The van der Waals surface area contributed by atoms with Crippen LogP contribution in [0.2, 0.25) is 0 Å². The molecule has 0 bridgehead atoms. The van der Waals surface area contributed by atoms with Crippen molar-refractivity contribution in [3.8, 4) is 0 Å². The summed E-state index contributed by atoms with van der Waals surface area (Å²) < 4.78 is 0. The molecule has 1 aromatic rings. The minimum absolute atomic E-state index is 0.700. The highest BCUT2D eigenvalue weighted by Crippen LogP contribution is 2.29. The number of benzene rings is 1. The van der Waals surface area contributed by atoms with E-state index in [-0.39, 0.29) is 0 Å². The van der Waals surface area contributed by atoms with Gasteiger partial charge in [-0.05, 0) is 49.3 Å². The summed E-state index contributed by atoms with van der Waals surface area (Å²) in [5.74, 6) is 0.700. The second-order valence-corrected chi connectivity index (χ2v) is 7.06. The van der Waals surface area contributed by atoms with Crippen LogP contribution in [0.5, 0.6) is 0 Å². The molecule has 1 heteroatoms. The van der Waals surface area contributed by atoms with E-state index >= 15 is 0 Å². The Morgan fingerprint density at radius 1 is 1.00 bits per heavy atom. The summed E-state index contributed by atoms with van der Waals surface area (Å²) in [7, 11) is 4.34. The van der Waals surface area contributed by atoms with Crippen LogP contribution in [0.1, 0.15) is 65.4 Å². The molecule has 134 valence electrons. The van der Waals surface area contributed by atoms with Crippen LogP contribution < -0.4 is 0 Å². The van der Waals surface area contributed by atoms with Gasteiger partial charge in [0.25, 0.3) is 0 Å². The van der Waals surface area contributed by atoms with Crippen LogP contribution in [0, 0.1) is 5.92 Å². The molecule has 0 aromatic heterocycles. The lowest BCUT2D eigenvalue weighted by Crippen LogP contribution is -2.15. The van der Waals surface area contributed by atoms with Gasteiger partial charge in [-0.25, -0.2) is 0 Å². The third kappa shape index (κ3) is 6.55. The van der Waals surface area contributed by atoms with Crippen LogP contribution in [0.15, 0.2) is 53.3 Å². The van der Waals surface area contributed by atoms with Gasteiger partial charge >= 0.3 is 0 Å². The fourth-order valence-electron chi connectivity index (χ4n) is 3.27. The maximum Gasteiger partial charge on any atom is 0.0175 e. The lowest BCUT2D eigenvalue weighted by atomic mass is 9.85. The van der Waals surface area contributed by atoms with E-state index in [9.17, 15) is 0 Å². The molecular weight excluding hydrogens is 290 g/mol. The van der Waals surface area contributed by atoms with Crippen LogP contribution in [0.3, 0.4) is 0 Å². The maximum atomic E-state index is 2.49. The van der Waals surface area contributed by atoms with Gasteiger partial charge in [-0.15, -0.1) is 0 Å². The Morgan fingerprint density at radius 2 is 1.58 bits per heavy atom. The molecule has 0 saturated carbocycles. The predicted molar refractivity (Wildman–Crippen MR) is 108 cm³/mol. The van der Waals surface area contributed by atoms with Crippen LogP contribution >= 0.6 is 0 Å². The van der Waals surface area contributed by atoms with Crippen molar-refractivity contribution in [2.24, 2.45) is 5.92 Å². The number of hydrogen-bond donors (Lipinski definition) is 0. The molecule has 0 fully saturated rings. The van der Waals surface area contributed by atoms with E-state index in [0.717, 1.165) is 12.8 Å². The number of hydrogen-bond acceptors (Lipinski definition) is 1. The second-order valence-electron chi connectivity index (χ2n) is 7.06. The van der Waals surface area contributed by atoms with Crippen LogP contribution in [0.25, 0.3) is 0 Å². The van der Waals surface area contributed by atoms with Gasteiger partial charge in [0.15, 0.2) is 0 Å². The number of nitrogens with zero attached hydrogens (tertiary/aromatic N) is 1. The van der Waals surface area contributed by atoms with E-state index in [4.69, 9.17) is 0 Å². The normalized spacial score (nSPS) is 13.2. The monoisotopic (exact) mass is 327 g/mol. The first-order chi connectivity index (χ1) is 11.5. The zero-order valence-electron chi connectivity index (χ0n) is 16.7. The van der Waals surface area contributed by atoms with E-state index in [2.05, 4.69) is 83.1 Å². The average Bonchev–Trinajstić information content (AvgIpc) is 2.58. The van der Waals surface area contributed by atoms with Crippen molar-refractivity contribution in [2.45, 2.75) is 66.2 Å². The number of likely N-dealkylation sites (N-methyl/N-ethyl adjacent to an activating group) is 1. The summed E-state index contributed by atoms with van der Waals surface area (Å²) in [4.78, 5) is 2.28. The molecule has 1 aromatic carbocycles. The molecule has 1 nitrogen and oxygen atoms in total. The Morgan fingerprint density at radius 3 is 2.04 bits per heavy atom. The fourth-order valence-corrected chi connectivity index (χ4v) is 3.27. The summed E-state index contributed by atoms with van der Waals surface area (Å²) in [5.41, 5.74) is 5.92. The molecule has 0 unspecified atom stereocenters. The summed E-state index contributed by atoms with van der Waals surface area (Å²) >= 11 is 0. The van der Waals surface area contributed by atoms with Crippen molar-refractivity contribution in [2.75, 3.05) is 14.1 Å². The maximum absolute atomic E-state index is 2.49. The lowest BCUT2D eigenvalue weighted by Gasteiger charge is -2.24. The van der Waals surface area contributed by atoms with Gasteiger partial charge in [0.05, 0.1) is 0 Å². The Bertz CT molecular complexity index is 516. The molecule has 1 rings (SSSR count). The molecule has 0 aliphatic rings. The van der Waals surface area contributed by atoms with Crippen LogP contribution in [-0.2, 0) is 6.42 Å². The zero-order valence-corrected chi connectivity index (χ0v) is 16.7. The molecule has 0 saturated heterocycles. The Hall–Kier alpha value is -1.50. The van der Waals surface area contributed by atoms with Gasteiger partial charge in [0, 0.05) is 26.2 Å². The second kappa shape index (κ2) is 11.1. The van der Waals surface area contributed by atoms with Gasteiger partial charge in [0.1, 0.15) is 0 Å². The SMILES string of the molecule is CCCC(CCC)C(/C=C(/Cc1ccccc1)N(C)C)=C(C)CC. The molecule has 0 heterocycles. The van der Waals surface area contributed by atoms with Gasteiger partial charge < -0.3 is 4.90 Å². The van der Waals surface area contributed by atoms with Gasteiger partial charge in [-0.2, -0.15) is 0 Å². The average molecular weight is 328 g/mol. The van der Waals surface area contributed by atoms with Crippen molar-refractivity contribution >= 4 is 0 Å². The van der Waals surface area contributed by atoms with Gasteiger partial charge in [-0.3, -0.25) is 0 Å². The third-order valence-corrected chi connectivity index (χ3v) is 4.86. The van der Waals surface area contributed by atoms with Crippen molar-refractivity contribution < 1.29 is 0 Å². The van der Waals surface area contributed by atoms with Crippen molar-refractivity contribution in [1.29, 1.82) is 0 Å². The highest BCUT2D eigenvalue weighted by Gasteiger charge is 2.15. The largest absolute Gasteiger partial charge is 0.381 e. The van der Waals surface area contributed by atoms with Crippen molar-refractivity contribution in [3.63, 3.8) is 0 Å². The van der Waals surface area contributed by atoms with Crippen molar-refractivity contribution in [3.05, 3.63) is 58.8 Å². The van der Waals surface area contributed by atoms with E-state index in [0.29, 0.717) is 5.92 Å². The van der Waals surface area contributed by atoms with Crippen LogP contribution in [-0.4, -0.2) is 19.0 Å². The molecule has 0 radical (unpaired) electrons. The molecular formula is C23H37N. The van der Waals surface area contributed by atoms with Crippen molar-refractivity contribution in [1.82, 2.24) is 4.90 Å². The zero-order chi connectivity index (χ0) is 17.9. The summed E-state index contributed by atoms with van der Waals surface area (Å²) in [6.45, 7) is 9.22. The van der Waals surface area contributed by atoms with E-state index in [1.807, 2.05) is 0 Å². The highest BCUT2D eigenvalue weighted by molar-refractivity contribution is 5.32. The lowest BCUT2D eigenvalue weighted by molar-refractivity contribution is 0.483. The van der Waals surface area contributed by atoms with E-state index in [1.165, 1.54) is 36.9 Å². The molecule has 0 aliphatic carbocycles. The quantitative estimate of drug-likeness (QED) is 0.437. The molecule has 24 heavy (non-hydrogen) atoms. The molecule has 0 atom stereocenters. The Labute approximate surface area is 150 Å². The first-order valence-corrected chi connectivity index (χ1v) is 9.64. The summed E-state index contributed by atoms with van der Waals surface area (Å²) in [6, 6.07) is 10.8. The third-order valence-electron chi connectivity index (χ3n) is 4.86. The Balaban J connectivity index is 3.20. The minimum Gasteiger partial charge on any atom is -0.381 e. The first-order valence-electron chi connectivity index (χ1n) is 9.64. The van der Waals surface area contributed by atoms with Crippen LogP contribution in [0.4, 0.5) is 0 Å². The highest BCUT2D eigenvalue weighted by atomic mass is 15.1. The van der Waals surface area contributed by atoms with Gasteiger partial charge in [0.2, 0.25) is 0 Å².